The number of aromatic nitrogens is 4. The van der Waals surface area contributed by atoms with Crippen LogP contribution in [0.25, 0.3) is 21.8 Å². The molecule has 0 unspecified atom stereocenters. The highest BCUT2D eigenvalue weighted by Gasteiger charge is 2.48. The highest BCUT2D eigenvalue weighted by molar-refractivity contribution is 7.80. The number of ketones is 1. The average Bonchev–Trinajstić information content (AvgIpc) is 1.71. The van der Waals surface area contributed by atoms with Crippen LogP contribution in [0.2, 0.25) is 0 Å². The van der Waals surface area contributed by atoms with E-state index in [0.717, 1.165) is 6.07 Å². The minimum atomic E-state index is -2.04. The number of nitrogens with one attached hydrogen (secondary N) is 10. The van der Waals surface area contributed by atoms with Crippen molar-refractivity contribution < 1.29 is 71.7 Å². The molecular formula is C62H76F2N14O13S2. The van der Waals surface area contributed by atoms with Gasteiger partial charge in [0.1, 0.15) is 65.0 Å². The summed E-state index contributed by atoms with van der Waals surface area (Å²) in [6.45, 7) is 1.15. The van der Waals surface area contributed by atoms with E-state index >= 15 is 0 Å². The summed E-state index contributed by atoms with van der Waals surface area (Å²) in [6, 6.07) is 3.42. The molecule has 498 valence electrons. The van der Waals surface area contributed by atoms with Crippen LogP contribution in [0, 0.1) is 17.6 Å². The van der Waals surface area contributed by atoms with Crippen LogP contribution >= 0.6 is 25.3 Å². The van der Waals surface area contributed by atoms with Crippen molar-refractivity contribution in [1.29, 1.82) is 0 Å². The number of halogens is 2. The van der Waals surface area contributed by atoms with Crippen LogP contribution in [-0.2, 0) is 78.4 Å². The van der Waals surface area contributed by atoms with Gasteiger partial charge in [0.2, 0.25) is 53.2 Å². The Bertz CT molecular complexity index is 3680. The summed E-state index contributed by atoms with van der Waals surface area (Å²) in [5.74, 6) is -12.4. The van der Waals surface area contributed by atoms with Crippen LogP contribution in [0.3, 0.4) is 0 Å². The molecule has 1 fully saturated rings. The SMILES string of the molecule is C[C@@]1(C(=O)N[C@@H](CS)C(N)=O)CCCN1C(=O)[C@H](Cc1ccc(O)cc1)NC(=O)[C@H](Cc1cnc[nH]1)NC(=O)[C@H](CC(=O)O)NC(=O)[C@H](Cc1c[nH]c2ccc(F)cc12)NC(=O)[C@H](Cc1c[nH]c2ccc(F)cc12)NC(=O)CNC(=O)[C@H](CCCCN)CC(=O)CCS. The van der Waals surface area contributed by atoms with Crippen LogP contribution in [0.1, 0.15) is 80.7 Å². The predicted molar refractivity (Wildman–Crippen MR) is 342 cm³/mol. The van der Waals surface area contributed by atoms with Gasteiger partial charge in [0.05, 0.1) is 19.3 Å². The number of unbranched alkanes of at least 4 members (excludes halogenated alkanes) is 1. The number of carboxylic acids is 1. The molecule has 6 aromatic rings. The molecule has 8 atom stereocenters. The number of amides is 9. The fraction of sp³-hybridized carbons (Fsp3) is 0.419. The third kappa shape index (κ3) is 19.6. The lowest BCUT2D eigenvalue weighted by Crippen LogP contribution is -2.63. The van der Waals surface area contributed by atoms with Crippen LogP contribution in [0.4, 0.5) is 8.78 Å². The number of hydrogen-bond acceptors (Lipinski definition) is 16. The van der Waals surface area contributed by atoms with Crippen LogP contribution < -0.4 is 48.7 Å². The molecule has 9 amide bonds. The summed E-state index contributed by atoms with van der Waals surface area (Å²) in [4.78, 5) is 167. The second-order valence-corrected chi connectivity index (χ2v) is 23.7. The van der Waals surface area contributed by atoms with Gasteiger partial charge in [0.15, 0.2) is 0 Å². The lowest BCUT2D eigenvalue weighted by molar-refractivity contribution is -0.147. The second kappa shape index (κ2) is 33.3. The lowest BCUT2D eigenvalue weighted by atomic mass is 9.94. The van der Waals surface area contributed by atoms with E-state index in [1.165, 1.54) is 91.3 Å². The first-order valence-electron chi connectivity index (χ1n) is 30.0. The molecule has 31 heteroatoms. The first kappa shape index (κ1) is 71.1. The number of carbonyl (C=O) groups is 11. The molecular weight excluding hydrogens is 1250 g/mol. The minimum absolute atomic E-state index is 0.0237. The van der Waals surface area contributed by atoms with Crippen molar-refractivity contribution in [2.24, 2.45) is 17.4 Å². The van der Waals surface area contributed by atoms with E-state index in [-0.39, 0.29) is 91.2 Å². The van der Waals surface area contributed by atoms with Gasteiger partial charge in [-0.3, -0.25) is 52.7 Å². The van der Waals surface area contributed by atoms with E-state index in [4.69, 9.17) is 11.5 Å². The second-order valence-electron chi connectivity index (χ2n) is 22.9. The van der Waals surface area contributed by atoms with Crippen molar-refractivity contribution in [2.45, 2.75) is 126 Å². The molecule has 0 saturated carbocycles. The van der Waals surface area contributed by atoms with Gasteiger partial charge >= 0.3 is 5.97 Å². The normalized spacial score (nSPS) is 16.0. The topological polar surface area (TPSA) is 428 Å². The number of hydrogen-bond donors (Lipinski definition) is 16. The molecule has 1 aliphatic heterocycles. The number of primary amides is 1. The van der Waals surface area contributed by atoms with Crippen molar-refractivity contribution in [3.63, 3.8) is 0 Å². The van der Waals surface area contributed by atoms with Crippen LogP contribution in [-0.4, -0.2) is 173 Å². The van der Waals surface area contributed by atoms with E-state index in [1.807, 2.05) is 0 Å². The van der Waals surface area contributed by atoms with Gasteiger partial charge in [-0.15, -0.1) is 0 Å². The van der Waals surface area contributed by atoms with Crippen LogP contribution in [0.15, 0.2) is 85.6 Å². The maximum absolute atomic E-state index is 15.0. The summed E-state index contributed by atoms with van der Waals surface area (Å²) in [5, 5.41) is 38.8. The van der Waals surface area contributed by atoms with Gasteiger partial charge < -0.3 is 78.7 Å². The molecule has 16 N–H and O–H groups in total. The number of carboxylic acid groups (broad SMARTS) is 1. The summed E-state index contributed by atoms with van der Waals surface area (Å²) in [7, 11) is 0. The van der Waals surface area contributed by atoms with E-state index in [2.05, 4.69) is 82.4 Å². The number of rotatable bonds is 35. The largest absolute Gasteiger partial charge is 0.508 e. The Balaban J connectivity index is 1.18. The molecule has 3 aromatic carbocycles. The zero-order valence-corrected chi connectivity index (χ0v) is 52.5. The highest BCUT2D eigenvalue weighted by Crippen LogP contribution is 2.31. The number of benzene rings is 3. The predicted octanol–water partition coefficient (Wildman–Crippen LogP) is 0.947. The number of fused-ring (bicyclic) bond motifs is 2. The third-order valence-corrected chi connectivity index (χ3v) is 16.7. The molecule has 3 aromatic heterocycles. The number of aromatic amines is 3. The summed E-state index contributed by atoms with van der Waals surface area (Å²) in [6.07, 6.45) is 4.69. The third-order valence-electron chi connectivity index (χ3n) is 16.1. The van der Waals surface area contributed by atoms with Gasteiger partial charge in [-0.05, 0) is 110 Å². The zero-order chi connectivity index (χ0) is 67.5. The number of H-pyrrole nitrogens is 3. The van der Waals surface area contributed by atoms with Crippen molar-refractivity contribution >= 4 is 112 Å². The quantitative estimate of drug-likeness (QED) is 0.0195. The average molecular weight is 1330 g/mol. The number of nitrogens with two attached hydrogens (primary N) is 2. The van der Waals surface area contributed by atoms with Crippen molar-refractivity contribution in [1.82, 2.24) is 62.1 Å². The number of aliphatic carboxylic acids is 1. The number of likely N-dealkylation sites (tertiary alicyclic amines) is 1. The molecule has 93 heavy (non-hydrogen) atoms. The maximum atomic E-state index is 15.0. The standard InChI is InChI=1S/C62H76F2N14O13S2/c1-62(61(91)77-51(31-93)54(66)84)15-4-17-78(62)60(90)50(19-33-6-10-40(79)11-7-33)76-58(88)48(25-39-29-67-32-71-39)74-59(89)49(26-53(82)83)75-57(87)47(22-36-28-69-45-13-9-38(64)24-43(36)45)73-56(86)46(21-35-27-68-44-12-8-37(63)23-42(35)44)72-52(81)30-70-55(85)34(5-2-3-16-65)20-41(80)14-18-92/h6-13,23-24,27-29,32,34,46-51,68-69,79,92-93H,2-5,14-22,25-26,30-31,65H2,1H3,(H2,66,84)(H,67,71)(H,70,85)(H,72,81)(H,73,86)(H,74,89)(H,75,87)(H,76,88)(H,77,91)(H,82,83)/t34-,46+,47+,48+,49+,50+,51+,62+/m1/s1. The Hall–Kier alpha value is -9.36. The Kier molecular flexibility index (Phi) is 25.4. The van der Waals surface area contributed by atoms with Gasteiger partial charge in [0.25, 0.3) is 0 Å². The Morgan fingerprint density at radius 3 is 1.81 bits per heavy atom. The smallest absolute Gasteiger partial charge is 0.305 e. The molecule has 0 spiro atoms. The lowest BCUT2D eigenvalue weighted by Gasteiger charge is -2.37. The molecule has 1 aliphatic rings. The number of thiol groups is 2. The number of phenols is 1. The molecule has 27 nitrogen and oxygen atoms in total. The zero-order valence-electron chi connectivity index (χ0n) is 50.7. The van der Waals surface area contributed by atoms with Crippen molar-refractivity contribution in [3.05, 3.63) is 120 Å². The Morgan fingerprint density at radius 1 is 0.688 bits per heavy atom. The minimum Gasteiger partial charge on any atom is -0.508 e. The van der Waals surface area contributed by atoms with Gasteiger partial charge in [-0.25, -0.2) is 13.8 Å². The number of imidazole rings is 1. The summed E-state index contributed by atoms with van der Waals surface area (Å²) >= 11 is 8.24. The molecule has 4 heterocycles. The van der Waals surface area contributed by atoms with E-state index < -0.39 is 138 Å². The van der Waals surface area contributed by atoms with Crippen molar-refractivity contribution in [2.75, 3.05) is 31.1 Å². The first-order valence-corrected chi connectivity index (χ1v) is 31.3. The monoisotopic (exact) mass is 1330 g/mol. The van der Waals surface area contributed by atoms with E-state index in [1.54, 1.807) is 0 Å². The fourth-order valence-corrected chi connectivity index (χ4v) is 11.6. The summed E-state index contributed by atoms with van der Waals surface area (Å²) in [5.41, 5.74) is 11.7. The first-order chi connectivity index (χ1) is 44.4. The van der Waals surface area contributed by atoms with E-state index in [9.17, 15) is 71.7 Å². The summed E-state index contributed by atoms with van der Waals surface area (Å²) < 4.78 is 29.6. The number of nitrogens with zero attached hydrogens (tertiary/aromatic N) is 2. The fourth-order valence-electron chi connectivity index (χ4n) is 11.0. The molecule has 1 saturated heterocycles. The highest BCUT2D eigenvalue weighted by atomic mass is 32.1. The maximum Gasteiger partial charge on any atom is 0.305 e. The number of Topliss-reactive ketones (excluding diaryl/α,β-unsaturated/α-hetero) is 1. The van der Waals surface area contributed by atoms with E-state index in [0.29, 0.717) is 53.4 Å². The van der Waals surface area contributed by atoms with Gasteiger partial charge in [0, 0.05) is 103 Å². The van der Waals surface area contributed by atoms with Gasteiger partial charge in [-0.2, -0.15) is 25.3 Å². The molecule has 0 radical (unpaired) electrons. The molecule has 0 aliphatic carbocycles. The van der Waals surface area contributed by atoms with Crippen LogP contribution in [0.5, 0.6) is 5.75 Å². The Morgan fingerprint density at radius 2 is 1.26 bits per heavy atom. The number of carbonyl (C=O) groups excluding carboxylic acids is 10. The van der Waals surface area contributed by atoms with Crippen molar-refractivity contribution in [3.8, 4) is 5.75 Å². The van der Waals surface area contributed by atoms with Gasteiger partial charge in [-0.1, -0.05) is 18.6 Å². The number of phenolic OH excluding ortho intramolecular Hbond substituents is 1. The molecule has 7 rings (SSSR count). The Labute approximate surface area is 543 Å². The molecule has 0 bridgehead atoms. The number of aromatic hydroxyl groups is 1.